The van der Waals surface area contributed by atoms with Gasteiger partial charge in [-0.1, -0.05) is 243 Å². The number of nitrogens with zero attached hydrogens (tertiary/aromatic N) is 8. The molecular weight excluding hydrogens is 905 g/mol. The van der Waals surface area contributed by atoms with Crippen LogP contribution < -0.4 is 0 Å². The van der Waals surface area contributed by atoms with Gasteiger partial charge in [0.05, 0.1) is 0 Å². The van der Waals surface area contributed by atoms with Crippen LogP contribution in [0.4, 0.5) is 0 Å². The maximum atomic E-state index is 5.58. The molecular formula is C64H42MgN8. The van der Waals surface area contributed by atoms with Crippen LogP contribution in [-0.2, 0) is 0 Å². The Balaban J connectivity index is 0.00000214. The van der Waals surface area contributed by atoms with E-state index in [2.05, 4.69) is 97.1 Å². The fraction of sp³-hybridized carbons (Fsp3) is 0. The van der Waals surface area contributed by atoms with Crippen molar-refractivity contribution in [3.63, 3.8) is 0 Å². The van der Waals surface area contributed by atoms with Gasteiger partial charge in [0.25, 0.3) is 0 Å². The molecule has 0 spiro atoms. The summed E-state index contributed by atoms with van der Waals surface area (Å²) in [6, 6.07) is 82.2. The molecule has 8 aromatic rings. The SMILES string of the molecule is [H-].[H-].[Mg+2].c1ccc(C2=C(c3ccccc3)C3=NC4=NC(=NC5=NC(=NC6=NC(=NC2=N3)C(c2ccccc2)=C6c2ccccc2)C(c2ccccc2)=C5c2ccccc2)C(c2ccccc2)=C4c2ccccc2)cc1. The minimum atomic E-state index is 0. The van der Waals surface area contributed by atoms with Crippen molar-refractivity contribution in [1.82, 2.24) is 0 Å². The van der Waals surface area contributed by atoms with Crippen LogP contribution in [0.15, 0.2) is 283 Å². The Morgan fingerprint density at radius 3 is 0.342 bits per heavy atom. The third-order valence-corrected chi connectivity index (χ3v) is 13.0. The summed E-state index contributed by atoms with van der Waals surface area (Å²) in [5, 5.41) is 0. The van der Waals surface area contributed by atoms with Gasteiger partial charge in [-0.2, -0.15) is 0 Å². The van der Waals surface area contributed by atoms with Crippen molar-refractivity contribution in [2.75, 3.05) is 0 Å². The average Bonchev–Trinajstić information content (AvgIpc) is 4.22. The molecule has 0 fully saturated rings. The molecule has 0 radical (unpaired) electrons. The van der Waals surface area contributed by atoms with Crippen LogP contribution in [0.25, 0.3) is 44.6 Å². The van der Waals surface area contributed by atoms with E-state index in [1.54, 1.807) is 0 Å². The van der Waals surface area contributed by atoms with E-state index < -0.39 is 0 Å². The molecule has 0 amide bonds. The third-order valence-electron chi connectivity index (χ3n) is 13.0. The average molecular weight is 947 g/mol. The second-order valence-corrected chi connectivity index (χ2v) is 17.4. The number of benzene rings is 8. The molecule has 0 unspecified atom stereocenters. The molecule has 8 aromatic carbocycles. The van der Waals surface area contributed by atoms with E-state index >= 15 is 0 Å². The van der Waals surface area contributed by atoms with E-state index in [1.807, 2.05) is 146 Å². The Morgan fingerprint density at radius 1 is 0.151 bits per heavy atom. The molecule has 0 saturated carbocycles. The summed E-state index contributed by atoms with van der Waals surface area (Å²) in [4.78, 5) is 44.2. The zero-order valence-electron chi connectivity index (χ0n) is 41.4. The molecule has 73 heavy (non-hydrogen) atoms. The summed E-state index contributed by atoms with van der Waals surface area (Å²) in [6.07, 6.45) is 0. The van der Waals surface area contributed by atoms with Gasteiger partial charge >= 0.3 is 23.1 Å². The number of hydrogen-bond acceptors (Lipinski definition) is 8. The van der Waals surface area contributed by atoms with Gasteiger partial charge in [0.15, 0.2) is 46.7 Å². The Labute approximate surface area is 441 Å². The molecule has 5 heterocycles. The van der Waals surface area contributed by atoms with Gasteiger partial charge < -0.3 is 2.85 Å². The zero-order chi connectivity index (χ0) is 47.8. The zero-order valence-corrected chi connectivity index (χ0v) is 40.8. The summed E-state index contributed by atoms with van der Waals surface area (Å²) < 4.78 is 0. The molecule has 8 bridgehead atoms. The van der Waals surface area contributed by atoms with Crippen LogP contribution in [0.1, 0.15) is 47.4 Å². The van der Waals surface area contributed by atoms with Crippen LogP contribution in [0.5, 0.6) is 0 Å². The largest absolute Gasteiger partial charge is 2.00 e. The van der Waals surface area contributed by atoms with E-state index in [-0.39, 0.29) is 25.9 Å². The van der Waals surface area contributed by atoms with E-state index in [0.29, 0.717) is 46.7 Å². The maximum Gasteiger partial charge on any atom is 2.00 e. The second-order valence-electron chi connectivity index (χ2n) is 17.4. The van der Waals surface area contributed by atoms with Gasteiger partial charge in [0.1, 0.15) is 0 Å². The molecule has 5 aliphatic heterocycles. The Kier molecular flexibility index (Phi) is 12.1. The fourth-order valence-electron chi connectivity index (χ4n) is 9.82. The number of hydrogen-bond donors (Lipinski definition) is 0. The minimum Gasteiger partial charge on any atom is -1.00 e. The van der Waals surface area contributed by atoms with E-state index in [1.165, 1.54) is 0 Å². The standard InChI is InChI=1S/C64H40N8.Mg.2H/c1-9-25-41(26-10-1)49-50(42-27-11-2-12-28-42)58-65-57(49)69-59-51(43-29-13-3-14-30-43)52(44-31-15-4-16-32-44)61(66-59)71-63-55(47-37-21-7-22-38-47)56(48-39-23-8-24-40-48)64(68-63)72-62-54(46-35-19-6-20-36-46)53(60(67-62)70-58)45-33-17-5-18-34-45;;;/h1-40H;;;/q;+2;2*-1. The number of amidine groups is 8. The molecule has 0 saturated heterocycles. The van der Waals surface area contributed by atoms with E-state index in [9.17, 15) is 0 Å². The topological polar surface area (TPSA) is 98.9 Å². The van der Waals surface area contributed by atoms with Gasteiger partial charge in [-0.25, -0.2) is 39.9 Å². The molecule has 9 heteroatoms. The Bertz CT molecular complexity index is 3350. The van der Waals surface area contributed by atoms with Gasteiger partial charge in [-0.05, 0) is 44.5 Å². The normalized spacial score (nSPS) is 16.0. The third kappa shape index (κ3) is 8.36. The van der Waals surface area contributed by atoms with Crippen molar-refractivity contribution in [2.24, 2.45) is 39.9 Å². The molecule has 0 N–H and O–H groups in total. The van der Waals surface area contributed by atoms with E-state index in [0.717, 1.165) is 89.1 Å². The summed E-state index contributed by atoms with van der Waals surface area (Å²) in [5.74, 6) is 3.65. The van der Waals surface area contributed by atoms with Crippen LogP contribution in [0.2, 0.25) is 0 Å². The van der Waals surface area contributed by atoms with Crippen molar-refractivity contribution in [3.05, 3.63) is 287 Å². The monoisotopic (exact) mass is 946 g/mol. The van der Waals surface area contributed by atoms with Crippen LogP contribution in [0, 0.1) is 0 Å². The van der Waals surface area contributed by atoms with Gasteiger partial charge in [0.2, 0.25) is 0 Å². The summed E-state index contributed by atoms with van der Waals surface area (Å²) in [7, 11) is 0. The van der Waals surface area contributed by atoms with E-state index in [4.69, 9.17) is 39.9 Å². The maximum absolute atomic E-state index is 5.58. The number of fused-ring (bicyclic) bond motifs is 4. The van der Waals surface area contributed by atoms with Crippen LogP contribution >= 0.6 is 0 Å². The van der Waals surface area contributed by atoms with Crippen molar-refractivity contribution in [3.8, 4) is 0 Å². The smallest absolute Gasteiger partial charge is 1.00 e. The predicted octanol–water partition coefficient (Wildman–Crippen LogP) is 13.5. The van der Waals surface area contributed by atoms with Crippen LogP contribution in [-0.4, -0.2) is 69.7 Å². The van der Waals surface area contributed by atoms with Gasteiger partial charge in [-0.15, -0.1) is 0 Å². The predicted molar refractivity (Wildman–Crippen MR) is 306 cm³/mol. The second kappa shape index (κ2) is 19.6. The summed E-state index contributed by atoms with van der Waals surface area (Å²) >= 11 is 0. The fourth-order valence-corrected chi connectivity index (χ4v) is 9.82. The first-order valence-corrected chi connectivity index (χ1v) is 23.9. The first-order valence-electron chi connectivity index (χ1n) is 23.9. The molecule has 0 atom stereocenters. The van der Waals surface area contributed by atoms with Crippen molar-refractivity contribution in [1.29, 1.82) is 0 Å². The Morgan fingerprint density at radius 2 is 0.247 bits per heavy atom. The first kappa shape index (κ1) is 45.0. The van der Waals surface area contributed by atoms with Crippen molar-refractivity contribution >= 4 is 114 Å². The van der Waals surface area contributed by atoms with Gasteiger partial charge in [0, 0.05) is 44.6 Å². The van der Waals surface area contributed by atoms with Crippen molar-refractivity contribution in [2.45, 2.75) is 0 Å². The summed E-state index contributed by atoms with van der Waals surface area (Å²) in [6.45, 7) is 0. The number of aliphatic imine (C=N–C) groups is 8. The molecule has 13 rings (SSSR count). The van der Waals surface area contributed by atoms with Crippen molar-refractivity contribution < 1.29 is 2.85 Å². The molecule has 0 aliphatic carbocycles. The Hall–Kier alpha value is -9.15. The molecule has 8 nitrogen and oxygen atoms in total. The van der Waals surface area contributed by atoms with Crippen LogP contribution in [0.3, 0.4) is 0 Å². The molecule has 340 valence electrons. The minimum absolute atomic E-state index is 0. The molecule has 0 aromatic heterocycles. The molecule has 5 aliphatic rings. The quantitative estimate of drug-likeness (QED) is 0.136. The van der Waals surface area contributed by atoms with Gasteiger partial charge in [-0.3, -0.25) is 0 Å². The summed E-state index contributed by atoms with van der Waals surface area (Å²) in [5.41, 5.74) is 13.9. The first-order chi connectivity index (χ1) is 35.7. The number of rotatable bonds is 8.